The first-order chi connectivity index (χ1) is 60.1. The number of carbonyl (C=O) groups excluding carboxylic acids is 12. The molecular weight excluding hydrogens is 1600 g/mol. The van der Waals surface area contributed by atoms with Crippen molar-refractivity contribution in [3.8, 4) is 37.0 Å². The first-order valence-corrected chi connectivity index (χ1v) is 43.5. The number of imidazole rings is 3. The molecule has 3 aromatic heterocycles. The van der Waals surface area contributed by atoms with Gasteiger partial charge in [0.1, 0.15) is 27.9 Å². The Morgan fingerprint density at radius 3 is 1.17 bits per heavy atom. The van der Waals surface area contributed by atoms with E-state index in [9.17, 15) is 57.5 Å². The number of carbonyl (C=O) groups is 12. The van der Waals surface area contributed by atoms with Crippen LogP contribution in [0.1, 0.15) is 315 Å². The van der Waals surface area contributed by atoms with E-state index in [1.165, 1.54) is 72.1 Å². The Bertz CT molecular complexity index is 5820. The third-order valence-corrected chi connectivity index (χ3v) is 25.9. The van der Waals surface area contributed by atoms with Crippen LogP contribution in [-0.2, 0) is 62.4 Å². The third kappa shape index (κ3) is 21.9. The summed E-state index contributed by atoms with van der Waals surface area (Å²) in [5.74, 6) is 5.13. The molecule has 25 heteroatoms. The number of nitrogens with zero attached hydrogens (tertiary/aromatic N) is 5. The number of halogens is 1. The van der Waals surface area contributed by atoms with Gasteiger partial charge >= 0.3 is 0 Å². The fourth-order valence-corrected chi connectivity index (χ4v) is 18.4. The van der Waals surface area contributed by atoms with Crippen molar-refractivity contribution >= 4 is 116 Å². The standard InChI is InChI=1S/C26H27N3O3.C25H26ClN3O3.C25H25N3O3.C24H23N3O3/c1-4-20-15-27-25(28-20)22(30)12-18-6-5-17(19-13-23(31)29-24(32)14-19)11-21(18)16-7-9-26(2,3)10-8-16;26-21-5-4-20(27-21)24(32)28-19-3-2-16(17-13-22(30)29-23(31)14-17)12-18(19)15-6-10-25(11-7-15)8-1-9-25;1-3-20-15-26-25(27-20)22(29)12-18-10-9-17(11-21(18)16-7-5-4-6-8-16)19-13-23(30)28(2)24(31)14-19;1-2-19-14-25-24(26-19)21(28)11-17-9-8-16(18-12-22(29)27-23(30)13-18)10-20(17)15-6-4-3-5-7-15/h1,5-7,11,15,19H,8-10,12-14H2,2-3H3,(H,27,28)(H,29,31,32);2-3,5-6,12,17H,1,4,7-11,13-14H2,(H,28,32)(H,29,30,31);1,7,9-11,15,19H,4-6,8,12-14H2,2H3,(H,26,27);1,6,8-10,14,18H,3-5,7,11-13H2,(H,25,26)(H,27,29,30). The van der Waals surface area contributed by atoms with Gasteiger partial charge in [-0.05, 0) is 210 Å². The van der Waals surface area contributed by atoms with Gasteiger partial charge in [-0.3, -0.25) is 78.4 Å². The molecule has 5 fully saturated rings. The zero-order valence-corrected chi connectivity index (χ0v) is 71.4. The van der Waals surface area contributed by atoms with E-state index < -0.39 is 0 Å². The number of amides is 9. The summed E-state index contributed by atoms with van der Waals surface area (Å²) < 4.78 is 0. The van der Waals surface area contributed by atoms with Gasteiger partial charge < -0.3 is 20.3 Å². The predicted octanol–water partition coefficient (Wildman–Crippen LogP) is 15.7. The number of ketones is 3. The molecule has 4 aromatic carbocycles. The minimum absolute atomic E-state index is 0.128. The number of benzene rings is 4. The number of piperidine rings is 4. The molecule has 17 rings (SSSR count). The van der Waals surface area contributed by atoms with E-state index in [2.05, 4.69) is 136 Å². The average Bonchev–Trinajstić information content (AvgIpc) is 1.81. The molecule has 0 unspecified atom stereocenters. The molecule has 24 nitrogen and oxygen atoms in total. The van der Waals surface area contributed by atoms with E-state index in [1.807, 2.05) is 48.5 Å². The van der Waals surface area contributed by atoms with Crippen LogP contribution in [0.2, 0.25) is 0 Å². The van der Waals surface area contributed by atoms with Gasteiger partial charge in [0.2, 0.25) is 64.6 Å². The highest BCUT2D eigenvalue weighted by molar-refractivity contribution is 6.46. The number of imide groups is 4. The first kappa shape index (κ1) is 88.2. The van der Waals surface area contributed by atoms with Gasteiger partial charge in [0.15, 0.2) is 17.5 Å². The number of allylic oxidation sites excluding steroid dienone is 9. The van der Waals surface area contributed by atoms with Gasteiger partial charge in [-0.15, -0.1) is 19.3 Å². The van der Waals surface area contributed by atoms with Crippen LogP contribution in [0.5, 0.6) is 0 Å². The maximum absolute atomic E-state index is 12.9. The lowest BCUT2D eigenvalue weighted by atomic mass is 9.61. The lowest BCUT2D eigenvalue weighted by Gasteiger charge is -2.44. The number of rotatable bonds is 19. The summed E-state index contributed by atoms with van der Waals surface area (Å²) in [7, 11) is 1.54. The number of anilines is 1. The lowest BCUT2D eigenvalue weighted by molar-refractivity contribution is -0.147. The molecule has 9 amide bonds. The summed E-state index contributed by atoms with van der Waals surface area (Å²) in [6.07, 6.45) is 53.2. The van der Waals surface area contributed by atoms with Gasteiger partial charge in [0.05, 0.1) is 18.6 Å². The number of aromatic amines is 3. The number of hydrogen-bond acceptors (Lipinski definition) is 16. The molecule has 7 N–H and O–H groups in total. The summed E-state index contributed by atoms with van der Waals surface area (Å²) in [6.45, 7) is 4.51. The maximum Gasteiger partial charge on any atom is 0.270 e. The van der Waals surface area contributed by atoms with Crippen molar-refractivity contribution in [2.45, 2.75) is 224 Å². The Hall–Kier alpha value is -13.1. The van der Waals surface area contributed by atoms with Gasteiger partial charge in [-0.25, -0.2) is 19.9 Å². The van der Waals surface area contributed by atoms with Crippen LogP contribution in [-0.4, -0.2) is 118 Å². The van der Waals surface area contributed by atoms with E-state index in [4.69, 9.17) is 30.9 Å². The quantitative estimate of drug-likeness (QED) is 0.0171. The van der Waals surface area contributed by atoms with Crippen LogP contribution in [0.25, 0.3) is 22.3 Å². The Kier molecular flexibility index (Phi) is 27.6. The van der Waals surface area contributed by atoms with Crippen molar-refractivity contribution in [2.75, 3.05) is 12.4 Å². The van der Waals surface area contributed by atoms with Crippen LogP contribution in [0.4, 0.5) is 5.69 Å². The van der Waals surface area contributed by atoms with E-state index in [0.717, 1.165) is 157 Å². The van der Waals surface area contributed by atoms with Gasteiger partial charge in [0, 0.05) is 119 Å². The second-order valence-corrected chi connectivity index (χ2v) is 35.4. The molecule has 8 heterocycles. The van der Waals surface area contributed by atoms with Crippen molar-refractivity contribution in [2.24, 2.45) is 15.8 Å². The third-order valence-electron chi connectivity index (χ3n) is 25.7. The Labute approximate surface area is 731 Å². The van der Waals surface area contributed by atoms with Crippen LogP contribution in [0.15, 0.2) is 132 Å². The second-order valence-electron chi connectivity index (χ2n) is 35.0. The predicted molar refractivity (Wildman–Crippen MR) is 476 cm³/mol. The maximum atomic E-state index is 12.9. The molecule has 125 heavy (non-hydrogen) atoms. The molecule has 640 valence electrons. The lowest BCUT2D eigenvalue weighted by Crippen LogP contribution is -2.39. The highest BCUT2D eigenvalue weighted by Gasteiger charge is 2.40. The molecule has 0 radical (unpaired) electrons. The SMILES string of the molecule is C#Cc1cnc(C(=O)Cc2ccc(C3CC(=O)N(C)C(=O)C3)cc2C2=CCCCC2)[nH]1.C#Cc1cnc(C(=O)Cc2ccc(C3CC(=O)NC(=O)C3)cc2C2=CCC(C)(C)CC2)[nH]1.C#Cc1cnc(C(=O)Cc2ccc(C3CC(=O)NC(=O)C3)cc2C2=CCCCC2)[nH]1.O=C1CC(c2ccc(NC(=O)C3=NC(Cl)=CC3)c(C3=CCC4(CCC4)CC3)c2)CC(=O)N1. The molecule has 5 aliphatic heterocycles. The van der Waals surface area contributed by atoms with Crippen molar-refractivity contribution in [3.05, 3.63) is 223 Å². The fourth-order valence-electron chi connectivity index (χ4n) is 18.2. The van der Waals surface area contributed by atoms with Crippen LogP contribution in [0, 0.1) is 47.9 Å². The molecule has 4 saturated heterocycles. The number of hydrogen-bond donors (Lipinski definition) is 7. The molecule has 7 aromatic rings. The summed E-state index contributed by atoms with van der Waals surface area (Å²) in [6, 6.07) is 23.7. The molecule has 1 saturated carbocycles. The monoisotopic (exact) mass is 1700 g/mol. The number of aromatic nitrogens is 6. The molecule has 0 bridgehead atoms. The van der Waals surface area contributed by atoms with Gasteiger partial charge in [-0.1, -0.05) is 135 Å². The van der Waals surface area contributed by atoms with Crippen LogP contribution < -0.4 is 21.3 Å². The van der Waals surface area contributed by atoms with Crippen molar-refractivity contribution < 1.29 is 57.5 Å². The van der Waals surface area contributed by atoms with Crippen molar-refractivity contribution in [3.63, 3.8) is 0 Å². The van der Waals surface area contributed by atoms with Crippen LogP contribution in [0.3, 0.4) is 0 Å². The topological polar surface area (TPSA) is 355 Å². The Balaban J connectivity index is 0.000000135. The number of H-pyrrole nitrogens is 3. The molecule has 5 aliphatic carbocycles. The van der Waals surface area contributed by atoms with Crippen molar-refractivity contribution in [1.29, 1.82) is 0 Å². The zero-order chi connectivity index (χ0) is 88.2. The number of likely N-dealkylation sites (tertiary alicyclic amines) is 1. The average molecular weight is 1700 g/mol. The van der Waals surface area contributed by atoms with E-state index in [0.29, 0.717) is 78.3 Å². The Morgan fingerprint density at radius 2 is 0.832 bits per heavy atom. The molecule has 0 atom stereocenters. The minimum Gasteiger partial charge on any atom is -0.329 e. The number of Topliss-reactive ketones (excluding diaryl/α,β-unsaturated/α-hetero) is 3. The van der Waals surface area contributed by atoms with Crippen LogP contribution >= 0.6 is 11.6 Å². The number of nitrogens with one attached hydrogen (secondary N) is 7. The smallest absolute Gasteiger partial charge is 0.270 e. The number of terminal acetylenes is 3. The molecule has 1 spiro atoms. The molecular formula is C100H101ClN12O12. The Morgan fingerprint density at radius 1 is 0.456 bits per heavy atom. The highest BCUT2D eigenvalue weighted by Crippen LogP contribution is 2.53. The molecule has 10 aliphatic rings. The van der Waals surface area contributed by atoms with E-state index >= 15 is 0 Å². The largest absolute Gasteiger partial charge is 0.329 e. The van der Waals surface area contributed by atoms with E-state index in [1.54, 1.807) is 6.08 Å². The second kappa shape index (κ2) is 39.2. The van der Waals surface area contributed by atoms with Crippen molar-refractivity contribution in [1.82, 2.24) is 50.8 Å². The summed E-state index contributed by atoms with van der Waals surface area (Å²) in [5.41, 5.74) is 18.8. The van der Waals surface area contributed by atoms with Gasteiger partial charge in [0.25, 0.3) is 5.91 Å². The highest BCUT2D eigenvalue weighted by atomic mass is 35.5. The zero-order valence-electron chi connectivity index (χ0n) is 70.6. The number of aliphatic imine (C=N–C) groups is 1. The first-order valence-electron chi connectivity index (χ1n) is 43.1. The summed E-state index contributed by atoms with van der Waals surface area (Å²) >= 11 is 5.91. The summed E-state index contributed by atoms with van der Waals surface area (Å²) in [5, 5.41) is 10.5. The minimum atomic E-state index is -0.259. The fraction of sp³-hybridized carbons (Fsp3) is 0.380. The normalized spacial score (nSPS) is 19.0. The van der Waals surface area contributed by atoms with E-state index in [-0.39, 0.29) is 149 Å². The van der Waals surface area contributed by atoms with Gasteiger partial charge in [-0.2, -0.15) is 0 Å². The summed E-state index contributed by atoms with van der Waals surface area (Å²) in [4.78, 5) is 173.